The van der Waals surface area contributed by atoms with E-state index in [4.69, 9.17) is 4.74 Å². The molecule has 4 nitrogen and oxygen atoms in total. The van der Waals surface area contributed by atoms with Crippen LogP contribution in [0.25, 0.3) is 0 Å². The third-order valence-corrected chi connectivity index (χ3v) is 4.41. The molecule has 2 rings (SSSR count). The van der Waals surface area contributed by atoms with Gasteiger partial charge in [0.25, 0.3) is 0 Å². The molecule has 20 heavy (non-hydrogen) atoms. The monoisotopic (exact) mass is 293 g/mol. The van der Waals surface area contributed by atoms with Crippen LogP contribution < -0.4 is 5.32 Å². The first-order chi connectivity index (χ1) is 9.63. The highest BCUT2D eigenvalue weighted by atomic mass is 32.1. The van der Waals surface area contributed by atoms with E-state index in [0.29, 0.717) is 6.04 Å². The van der Waals surface area contributed by atoms with Crippen molar-refractivity contribution in [3.8, 4) is 0 Å². The number of imidazole rings is 1. The SMILES string of the molecule is COCCCNc1nccn1C(C)c1cc(C)sc1C. The summed E-state index contributed by atoms with van der Waals surface area (Å²) in [6.45, 7) is 8.21. The van der Waals surface area contributed by atoms with E-state index in [1.54, 1.807) is 7.11 Å². The zero-order valence-corrected chi connectivity index (χ0v) is 13.5. The Balaban J connectivity index is 2.09. The van der Waals surface area contributed by atoms with Crippen molar-refractivity contribution in [3.63, 3.8) is 0 Å². The number of hydrogen-bond acceptors (Lipinski definition) is 4. The normalized spacial score (nSPS) is 12.6. The summed E-state index contributed by atoms with van der Waals surface area (Å²) in [4.78, 5) is 7.15. The van der Waals surface area contributed by atoms with E-state index in [0.717, 1.165) is 25.5 Å². The molecule has 0 saturated carbocycles. The number of anilines is 1. The van der Waals surface area contributed by atoms with Crippen LogP contribution in [0.15, 0.2) is 18.5 Å². The second-order valence-corrected chi connectivity index (χ2v) is 6.44. The summed E-state index contributed by atoms with van der Waals surface area (Å²) in [5.74, 6) is 0.928. The van der Waals surface area contributed by atoms with Crippen molar-refractivity contribution in [1.29, 1.82) is 0 Å². The lowest BCUT2D eigenvalue weighted by Crippen LogP contribution is -2.13. The summed E-state index contributed by atoms with van der Waals surface area (Å²) in [6, 6.07) is 2.58. The summed E-state index contributed by atoms with van der Waals surface area (Å²) in [6.07, 6.45) is 4.87. The van der Waals surface area contributed by atoms with Crippen molar-refractivity contribution in [3.05, 3.63) is 33.8 Å². The first-order valence-electron chi connectivity index (χ1n) is 6.96. The average molecular weight is 293 g/mol. The number of methoxy groups -OCH3 is 1. The molecule has 1 N–H and O–H groups in total. The van der Waals surface area contributed by atoms with E-state index in [2.05, 4.69) is 41.7 Å². The Kier molecular flexibility index (Phi) is 5.20. The lowest BCUT2D eigenvalue weighted by molar-refractivity contribution is 0.197. The van der Waals surface area contributed by atoms with E-state index in [1.165, 1.54) is 15.3 Å². The zero-order valence-electron chi connectivity index (χ0n) is 12.6. The fraction of sp³-hybridized carbons (Fsp3) is 0.533. The molecule has 0 saturated heterocycles. The standard InChI is InChI=1S/C15H23N3OS/c1-11-10-14(13(3)20-11)12(2)18-8-7-17-15(18)16-6-5-9-19-4/h7-8,10,12H,5-6,9H2,1-4H3,(H,16,17). The van der Waals surface area contributed by atoms with E-state index in [-0.39, 0.29) is 0 Å². The fourth-order valence-corrected chi connectivity index (χ4v) is 3.41. The van der Waals surface area contributed by atoms with Gasteiger partial charge in [-0.1, -0.05) is 0 Å². The van der Waals surface area contributed by atoms with Crippen LogP contribution in [0.5, 0.6) is 0 Å². The third kappa shape index (κ3) is 3.41. The summed E-state index contributed by atoms with van der Waals surface area (Å²) in [5.41, 5.74) is 1.38. The molecule has 0 aliphatic heterocycles. The van der Waals surface area contributed by atoms with E-state index in [9.17, 15) is 0 Å². The minimum Gasteiger partial charge on any atom is -0.385 e. The van der Waals surface area contributed by atoms with Crippen LogP contribution in [0.1, 0.15) is 34.7 Å². The van der Waals surface area contributed by atoms with Crippen molar-refractivity contribution in [2.24, 2.45) is 0 Å². The van der Waals surface area contributed by atoms with E-state index >= 15 is 0 Å². The predicted octanol–water partition coefficient (Wildman–Crippen LogP) is 3.62. The molecule has 1 atom stereocenters. The summed E-state index contributed by atoms with van der Waals surface area (Å²) < 4.78 is 7.26. The molecule has 2 aromatic heterocycles. The van der Waals surface area contributed by atoms with Crippen molar-refractivity contribution in [1.82, 2.24) is 9.55 Å². The highest BCUT2D eigenvalue weighted by molar-refractivity contribution is 7.12. The summed E-state index contributed by atoms with van der Waals surface area (Å²) in [5, 5.41) is 3.38. The van der Waals surface area contributed by atoms with Crippen molar-refractivity contribution in [2.45, 2.75) is 33.2 Å². The molecule has 0 aliphatic rings. The Bertz CT molecular complexity index is 547. The molecular weight excluding hydrogens is 270 g/mol. The van der Waals surface area contributed by atoms with Gasteiger partial charge in [-0.2, -0.15) is 0 Å². The van der Waals surface area contributed by atoms with Gasteiger partial charge in [-0.05, 0) is 38.8 Å². The predicted molar refractivity (Wildman–Crippen MR) is 84.8 cm³/mol. The Morgan fingerprint density at radius 2 is 2.25 bits per heavy atom. The van der Waals surface area contributed by atoms with Crippen LogP contribution in [-0.4, -0.2) is 29.8 Å². The highest BCUT2D eigenvalue weighted by Crippen LogP contribution is 2.30. The van der Waals surface area contributed by atoms with E-state index < -0.39 is 0 Å². The van der Waals surface area contributed by atoms with Crippen molar-refractivity contribution < 1.29 is 4.74 Å². The van der Waals surface area contributed by atoms with Gasteiger partial charge < -0.3 is 14.6 Å². The molecule has 0 radical (unpaired) electrons. The molecule has 1 unspecified atom stereocenters. The molecule has 0 aromatic carbocycles. The Labute approximate surface area is 124 Å². The first kappa shape index (κ1) is 15.1. The Morgan fingerprint density at radius 1 is 1.45 bits per heavy atom. The molecule has 0 aliphatic carbocycles. The minimum absolute atomic E-state index is 0.298. The average Bonchev–Trinajstić information content (AvgIpc) is 3.00. The topological polar surface area (TPSA) is 39.1 Å². The number of nitrogens with zero attached hydrogens (tertiary/aromatic N) is 2. The van der Waals surface area contributed by atoms with Crippen LogP contribution >= 0.6 is 11.3 Å². The fourth-order valence-electron chi connectivity index (χ4n) is 2.39. The van der Waals surface area contributed by atoms with Gasteiger partial charge >= 0.3 is 0 Å². The van der Waals surface area contributed by atoms with Crippen molar-refractivity contribution >= 4 is 17.3 Å². The number of aryl methyl sites for hydroxylation is 2. The number of thiophene rings is 1. The highest BCUT2D eigenvalue weighted by Gasteiger charge is 2.15. The maximum Gasteiger partial charge on any atom is 0.203 e. The number of hydrogen-bond donors (Lipinski definition) is 1. The minimum atomic E-state index is 0.298. The second kappa shape index (κ2) is 6.90. The quantitative estimate of drug-likeness (QED) is 0.793. The molecule has 2 aromatic rings. The lowest BCUT2D eigenvalue weighted by atomic mass is 10.1. The van der Waals surface area contributed by atoms with Gasteiger partial charge in [0.05, 0.1) is 6.04 Å². The molecule has 0 bridgehead atoms. The number of ether oxygens (including phenoxy) is 1. The first-order valence-corrected chi connectivity index (χ1v) is 7.77. The van der Waals surface area contributed by atoms with Crippen LogP contribution in [0.4, 0.5) is 5.95 Å². The van der Waals surface area contributed by atoms with Gasteiger partial charge in [0, 0.05) is 42.4 Å². The number of aromatic nitrogens is 2. The van der Waals surface area contributed by atoms with Gasteiger partial charge in [0.2, 0.25) is 5.95 Å². The molecule has 2 heterocycles. The molecular formula is C15H23N3OS. The number of nitrogens with one attached hydrogen (secondary N) is 1. The van der Waals surface area contributed by atoms with Gasteiger partial charge in [-0.25, -0.2) is 4.98 Å². The lowest BCUT2D eigenvalue weighted by Gasteiger charge is -2.17. The largest absolute Gasteiger partial charge is 0.385 e. The molecule has 5 heteroatoms. The maximum atomic E-state index is 5.06. The Morgan fingerprint density at radius 3 is 2.90 bits per heavy atom. The molecule has 0 amide bonds. The van der Waals surface area contributed by atoms with Crippen LogP contribution in [-0.2, 0) is 4.74 Å². The summed E-state index contributed by atoms with van der Waals surface area (Å²) in [7, 11) is 1.73. The third-order valence-electron chi connectivity index (χ3n) is 3.42. The van der Waals surface area contributed by atoms with Crippen LogP contribution in [0.3, 0.4) is 0 Å². The van der Waals surface area contributed by atoms with Crippen molar-refractivity contribution in [2.75, 3.05) is 25.6 Å². The Hall–Kier alpha value is -1.33. The zero-order chi connectivity index (χ0) is 14.5. The van der Waals surface area contributed by atoms with E-state index in [1.807, 2.05) is 23.7 Å². The smallest absolute Gasteiger partial charge is 0.203 e. The van der Waals surface area contributed by atoms with Gasteiger partial charge in [0.1, 0.15) is 0 Å². The molecule has 0 fully saturated rings. The summed E-state index contributed by atoms with van der Waals surface area (Å²) >= 11 is 1.85. The van der Waals surface area contributed by atoms with Gasteiger partial charge in [-0.3, -0.25) is 0 Å². The second-order valence-electron chi connectivity index (χ2n) is 4.98. The number of rotatable bonds is 7. The van der Waals surface area contributed by atoms with Gasteiger partial charge in [-0.15, -0.1) is 11.3 Å². The van der Waals surface area contributed by atoms with Crippen LogP contribution in [0, 0.1) is 13.8 Å². The maximum absolute atomic E-state index is 5.06. The molecule has 0 spiro atoms. The molecule has 110 valence electrons. The van der Waals surface area contributed by atoms with Gasteiger partial charge in [0.15, 0.2) is 0 Å². The van der Waals surface area contributed by atoms with Crippen LogP contribution in [0.2, 0.25) is 0 Å².